The number of hydrogen-bond donors (Lipinski definition) is 0. The van der Waals surface area contributed by atoms with Gasteiger partial charge < -0.3 is 4.74 Å². The van der Waals surface area contributed by atoms with Crippen molar-refractivity contribution in [1.82, 2.24) is 0 Å². The second kappa shape index (κ2) is 3.86. The van der Waals surface area contributed by atoms with Crippen LogP contribution in [0, 0.1) is 5.41 Å². The molecule has 1 aromatic rings. The number of hydrogen-bond acceptors (Lipinski definition) is 2. The van der Waals surface area contributed by atoms with E-state index in [0.717, 1.165) is 5.56 Å². The van der Waals surface area contributed by atoms with Crippen LogP contribution in [-0.2, 0) is 9.53 Å². The maximum Gasteiger partial charge on any atom is 0.169 e. The maximum atomic E-state index is 11.9. The van der Waals surface area contributed by atoms with Gasteiger partial charge in [-0.3, -0.25) is 4.79 Å². The van der Waals surface area contributed by atoms with E-state index in [1.165, 1.54) is 0 Å². The van der Waals surface area contributed by atoms with Crippen LogP contribution in [0.15, 0.2) is 24.3 Å². The molecule has 0 unspecified atom stereocenters. The normalized spacial score (nSPS) is 24.2. The third-order valence-electron chi connectivity index (χ3n) is 2.69. The fourth-order valence-electron chi connectivity index (χ4n) is 1.64. The van der Waals surface area contributed by atoms with E-state index in [9.17, 15) is 4.79 Å². The van der Waals surface area contributed by atoms with Gasteiger partial charge in [0.05, 0.1) is 0 Å². The average molecular weight is 239 g/mol. The zero-order valence-electron chi connectivity index (χ0n) is 9.66. The van der Waals surface area contributed by atoms with Crippen molar-refractivity contribution in [2.45, 2.75) is 33.0 Å². The number of rotatable bonds is 2. The summed E-state index contributed by atoms with van der Waals surface area (Å²) in [4.78, 5) is 11.9. The van der Waals surface area contributed by atoms with Crippen LogP contribution < -0.4 is 0 Å². The Morgan fingerprint density at radius 2 is 1.81 bits per heavy atom. The van der Waals surface area contributed by atoms with E-state index >= 15 is 0 Å². The van der Waals surface area contributed by atoms with Gasteiger partial charge in [0.2, 0.25) is 0 Å². The Balaban J connectivity index is 2.07. The summed E-state index contributed by atoms with van der Waals surface area (Å²) in [5, 5.41) is 0.697. The standard InChI is InChI=1S/C13H15ClO2/c1-13(2,3)12(15)11-10(16-11)8-4-6-9(14)7-5-8/h4-7,10-11H,1-3H3/t10-,11-/m0/s1. The van der Waals surface area contributed by atoms with Gasteiger partial charge in [0.25, 0.3) is 0 Å². The Morgan fingerprint density at radius 1 is 1.25 bits per heavy atom. The van der Waals surface area contributed by atoms with Gasteiger partial charge in [-0.2, -0.15) is 0 Å². The largest absolute Gasteiger partial charge is 0.356 e. The minimum atomic E-state index is -0.341. The highest BCUT2D eigenvalue weighted by molar-refractivity contribution is 6.30. The molecule has 16 heavy (non-hydrogen) atoms. The quantitative estimate of drug-likeness (QED) is 0.739. The number of carbonyl (C=O) groups excluding carboxylic acids is 1. The fraction of sp³-hybridized carbons (Fsp3) is 0.462. The van der Waals surface area contributed by atoms with E-state index in [0.29, 0.717) is 5.02 Å². The zero-order chi connectivity index (χ0) is 11.9. The number of ketones is 1. The van der Waals surface area contributed by atoms with Gasteiger partial charge in [-0.25, -0.2) is 0 Å². The van der Waals surface area contributed by atoms with Crippen molar-refractivity contribution in [3.8, 4) is 0 Å². The molecule has 1 aliphatic heterocycles. The van der Waals surface area contributed by atoms with Gasteiger partial charge in [0.1, 0.15) is 12.2 Å². The first kappa shape index (κ1) is 11.6. The lowest BCUT2D eigenvalue weighted by Crippen LogP contribution is -2.25. The molecule has 0 bridgehead atoms. The highest BCUT2D eigenvalue weighted by Gasteiger charge is 2.49. The summed E-state index contributed by atoms with van der Waals surface area (Å²) in [7, 11) is 0. The molecule has 86 valence electrons. The highest BCUT2D eigenvalue weighted by atomic mass is 35.5. The van der Waals surface area contributed by atoms with Crippen molar-refractivity contribution in [3.05, 3.63) is 34.9 Å². The first-order chi connectivity index (χ1) is 7.39. The van der Waals surface area contributed by atoms with Gasteiger partial charge in [-0.15, -0.1) is 0 Å². The van der Waals surface area contributed by atoms with Crippen molar-refractivity contribution in [2.75, 3.05) is 0 Å². The molecule has 0 radical (unpaired) electrons. The molecule has 1 fully saturated rings. The predicted octanol–water partition coefficient (Wildman–Crippen LogP) is 3.40. The Bertz CT molecular complexity index is 403. The second-order valence-corrected chi connectivity index (χ2v) is 5.58. The molecule has 0 aliphatic carbocycles. The van der Waals surface area contributed by atoms with E-state index in [-0.39, 0.29) is 23.4 Å². The summed E-state index contributed by atoms with van der Waals surface area (Å²) in [6, 6.07) is 7.44. The average Bonchev–Trinajstić information content (AvgIpc) is 2.96. The molecular weight excluding hydrogens is 224 g/mol. The Kier molecular flexibility index (Phi) is 2.81. The van der Waals surface area contributed by atoms with E-state index in [2.05, 4.69) is 0 Å². The summed E-state index contributed by atoms with van der Waals surface area (Å²) >= 11 is 5.80. The minimum absolute atomic E-state index is 0.0796. The Morgan fingerprint density at radius 3 is 2.31 bits per heavy atom. The molecule has 0 saturated carbocycles. The molecule has 0 aromatic heterocycles. The first-order valence-corrected chi connectivity index (χ1v) is 5.72. The lowest BCUT2D eigenvalue weighted by atomic mass is 9.87. The molecule has 1 aromatic carbocycles. The van der Waals surface area contributed by atoms with Crippen LogP contribution >= 0.6 is 11.6 Å². The van der Waals surface area contributed by atoms with Crippen molar-refractivity contribution in [2.24, 2.45) is 5.41 Å². The SMILES string of the molecule is CC(C)(C)C(=O)[C@H]1O[C@H]1c1ccc(Cl)cc1. The predicted molar refractivity (Wildman–Crippen MR) is 63.5 cm³/mol. The summed E-state index contributed by atoms with van der Waals surface area (Å²) in [6.45, 7) is 5.74. The summed E-state index contributed by atoms with van der Waals surface area (Å²) in [5.41, 5.74) is 0.679. The van der Waals surface area contributed by atoms with Crippen LogP contribution in [0.5, 0.6) is 0 Å². The molecule has 2 nitrogen and oxygen atoms in total. The van der Waals surface area contributed by atoms with Gasteiger partial charge in [0, 0.05) is 10.4 Å². The molecular formula is C13H15ClO2. The first-order valence-electron chi connectivity index (χ1n) is 5.35. The second-order valence-electron chi connectivity index (χ2n) is 5.14. The van der Waals surface area contributed by atoms with Crippen molar-refractivity contribution >= 4 is 17.4 Å². The lowest BCUT2D eigenvalue weighted by molar-refractivity contribution is -0.127. The zero-order valence-corrected chi connectivity index (χ0v) is 10.4. The lowest BCUT2D eigenvalue weighted by Gasteiger charge is -2.14. The number of benzene rings is 1. The molecule has 0 N–H and O–H groups in total. The number of epoxide rings is 1. The van der Waals surface area contributed by atoms with Gasteiger partial charge >= 0.3 is 0 Å². The number of carbonyl (C=O) groups is 1. The fourth-order valence-corrected chi connectivity index (χ4v) is 1.77. The van der Waals surface area contributed by atoms with Crippen LogP contribution in [0.25, 0.3) is 0 Å². The van der Waals surface area contributed by atoms with Crippen LogP contribution in [0.1, 0.15) is 32.4 Å². The molecule has 1 heterocycles. The monoisotopic (exact) mass is 238 g/mol. The number of ether oxygens (including phenoxy) is 1. The molecule has 1 aliphatic rings. The summed E-state index contributed by atoms with van der Waals surface area (Å²) < 4.78 is 5.44. The molecule has 2 rings (SSSR count). The number of Topliss-reactive ketones (excluding diaryl/α,β-unsaturated/α-hetero) is 1. The molecule has 2 atom stereocenters. The maximum absolute atomic E-state index is 11.9. The van der Waals surface area contributed by atoms with E-state index in [4.69, 9.17) is 16.3 Å². The minimum Gasteiger partial charge on any atom is -0.356 e. The van der Waals surface area contributed by atoms with E-state index in [1.54, 1.807) is 0 Å². The van der Waals surface area contributed by atoms with E-state index < -0.39 is 0 Å². The van der Waals surface area contributed by atoms with Crippen LogP contribution in [0.2, 0.25) is 5.02 Å². The molecule has 0 spiro atoms. The molecule has 0 amide bonds. The van der Waals surface area contributed by atoms with Crippen LogP contribution in [0.3, 0.4) is 0 Å². The Hall–Kier alpha value is -0.860. The topological polar surface area (TPSA) is 29.6 Å². The number of halogens is 1. The highest BCUT2D eigenvalue weighted by Crippen LogP contribution is 2.42. The van der Waals surface area contributed by atoms with Crippen molar-refractivity contribution < 1.29 is 9.53 Å². The molecule has 1 saturated heterocycles. The van der Waals surface area contributed by atoms with Gasteiger partial charge in [-0.1, -0.05) is 44.5 Å². The van der Waals surface area contributed by atoms with Crippen LogP contribution in [0.4, 0.5) is 0 Å². The van der Waals surface area contributed by atoms with Gasteiger partial charge in [-0.05, 0) is 17.7 Å². The summed E-state index contributed by atoms with van der Waals surface area (Å²) in [5.74, 6) is 0.160. The van der Waals surface area contributed by atoms with E-state index in [1.807, 2.05) is 45.0 Å². The Labute approximate surface area is 101 Å². The van der Waals surface area contributed by atoms with Crippen LogP contribution in [-0.4, -0.2) is 11.9 Å². The molecule has 3 heteroatoms. The third-order valence-corrected chi connectivity index (χ3v) is 2.94. The third kappa shape index (κ3) is 2.28. The van der Waals surface area contributed by atoms with Crippen molar-refractivity contribution in [3.63, 3.8) is 0 Å². The smallest absolute Gasteiger partial charge is 0.169 e. The summed E-state index contributed by atoms with van der Waals surface area (Å²) in [6.07, 6.45) is -0.356. The van der Waals surface area contributed by atoms with Crippen molar-refractivity contribution in [1.29, 1.82) is 0 Å². The van der Waals surface area contributed by atoms with Gasteiger partial charge in [0.15, 0.2) is 5.78 Å².